The molecule has 0 aliphatic rings. The van der Waals surface area contributed by atoms with Gasteiger partial charge in [-0.25, -0.2) is 9.82 Å². The van der Waals surface area contributed by atoms with Crippen molar-refractivity contribution in [2.24, 2.45) is 5.10 Å². The lowest BCUT2D eigenvalue weighted by molar-refractivity contribution is -0.385. The average molecular weight is 315 g/mol. The first-order valence-corrected chi connectivity index (χ1v) is 6.74. The van der Waals surface area contributed by atoms with Crippen molar-refractivity contribution in [3.05, 3.63) is 75.1 Å². The van der Waals surface area contributed by atoms with E-state index in [1.165, 1.54) is 42.5 Å². The van der Waals surface area contributed by atoms with Gasteiger partial charge in [0.05, 0.1) is 10.6 Å². The highest BCUT2D eigenvalue weighted by molar-refractivity contribution is 6.01. The molecule has 2 rings (SSSR count). The van der Waals surface area contributed by atoms with Crippen molar-refractivity contribution < 1.29 is 14.1 Å². The van der Waals surface area contributed by atoms with Crippen molar-refractivity contribution in [1.82, 2.24) is 5.43 Å². The van der Waals surface area contributed by atoms with Crippen LogP contribution in [0.5, 0.6) is 0 Å². The predicted octanol–water partition coefficient (Wildman–Crippen LogP) is 3.20. The van der Waals surface area contributed by atoms with Gasteiger partial charge in [-0.3, -0.25) is 14.9 Å². The third kappa shape index (κ3) is 3.97. The van der Waals surface area contributed by atoms with Gasteiger partial charge in [0.25, 0.3) is 11.6 Å². The molecule has 1 amide bonds. The van der Waals surface area contributed by atoms with Crippen molar-refractivity contribution in [2.75, 3.05) is 0 Å². The Kier molecular flexibility index (Phi) is 4.80. The van der Waals surface area contributed by atoms with Gasteiger partial charge in [-0.1, -0.05) is 18.2 Å². The van der Waals surface area contributed by atoms with E-state index in [2.05, 4.69) is 10.5 Å². The molecule has 0 spiro atoms. The zero-order valence-corrected chi connectivity index (χ0v) is 12.5. The standard InChI is InChI=1S/C16H14FN3O3/c1-10-3-4-13(9-15(10)20(22)23)16(21)19-18-11(2)12-5-7-14(17)8-6-12/h3-9H,1-2H3,(H,19,21)/b18-11+. The zero-order valence-electron chi connectivity index (χ0n) is 12.5. The molecule has 2 aromatic carbocycles. The molecule has 23 heavy (non-hydrogen) atoms. The van der Waals surface area contributed by atoms with Crippen LogP contribution in [0.25, 0.3) is 0 Å². The molecular weight excluding hydrogens is 301 g/mol. The van der Waals surface area contributed by atoms with Crippen LogP contribution in [-0.4, -0.2) is 16.5 Å². The van der Waals surface area contributed by atoms with Crippen LogP contribution in [0.4, 0.5) is 10.1 Å². The van der Waals surface area contributed by atoms with E-state index in [4.69, 9.17) is 0 Å². The number of amides is 1. The number of carbonyl (C=O) groups excluding carboxylic acids is 1. The molecule has 0 aliphatic heterocycles. The molecule has 0 saturated heterocycles. The molecule has 2 aromatic rings. The number of nitro groups is 1. The van der Waals surface area contributed by atoms with Crippen LogP contribution < -0.4 is 5.43 Å². The Hall–Kier alpha value is -3.09. The van der Waals surface area contributed by atoms with Crippen LogP contribution >= 0.6 is 0 Å². The minimum Gasteiger partial charge on any atom is -0.267 e. The second kappa shape index (κ2) is 6.78. The maximum Gasteiger partial charge on any atom is 0.273 e. The van der Waals surface area contributed by atoms with Crippen LogP contribution in [0.1, 0.15) is 28.4 Å². The van der Waals surface area contributed by atoms with Crippen molar-refractivity contribution in [3.63, 3.8) is 0 Å². The molecule has 0 heterocycles. The number of nitrogens with zero attached hydrogens (tertiary/aromatic N) is 2. The molecule has 1 N–H and O–H groups in total. The molecule has 7 heteroatoms. The SMILES string of the molecule is C/C(=N\NC(=O)c1ccc(C)c([N+](=O)[O-])c1)c1ccc(F)cc1. The summed E-state index contributed by atoms with van der Waals surface area (Å²) in [6.45, 7) is 3.25. The van der Waals surface area contributed by atoms with Crippen molar-refractivity contribution in [1.29, 1.82) is 0 Å². The molecule has 6 nitrogen and oxygen atoms in total. The zero-order chi connectivity index (χ0) is 17.0. The Bertz CT molecular complexity index is 786. The number of nitrogens with one attached hydrogen (secondary N) is 1. The number of halogens is 1. The molecule has 0 bridgehead atoms. The number of benzene rings is 2. The van der Waals surface area contributed by atoms with Gasteiger partial charge in [-0.15, -0.1) is 0 Å². The first-order valence-electron chi connectivity index (χ1n) is 6.74. The fourth-order valence-electron chi connectivity index (χ4n) is 1.90. The van der Waals surface area contributed by atoms with E-state index in [9.17, 15) is 19.3 Å². The Balaban J connectivity index is 2.16. The summed E-state index contributed by atoms with van der Waals surface area (Å²) in [6, 6.07) is 9.85. The summed E-state index contributed by atoms with van der Waals surface area (Å²) in [7, 11) is 0. The number of hydrazone groups is 1. The molecular formula is C16H14FN3O3. The lowest BCUT2D eigenvalue weighted by Gasteiger charge is -2.04. The van der Waals surface area contributed by atoms with E-state index in [0.29, 0.717) is 16.8 Å². The van der Waals surface area contributed by atoms with Gasteiger partial charge in [0.15, 0.2) is 0 Å². The highest BCUT2D eigenvalue weighted by Crippen LogP contribution is 2.19. The summed E-state index contributed by atoms with van der Waals surface area (Å²) in [5.74, 6) is -0.924. The molecule has 0 saturated carbocycles. The Labute approximate surface area is 131 Å². The number of rotatable bonds is 4. The lowest BCUT2D eigenvalue weighted by atomic mass is 10.1. The monoisotopic (exact) mass is 315 g/mol. The Morgan fingerprint density at radius 3 is 2.39 bits per heavy atom. The average Bonchev–Trinajstić information content (AvgIpc) is 2.53. The fourth-order valence-corrected chi connectivity index (χ4v) is 1.90. The predicted molar refractivity (Wildman–Crippen MR) is 83.9 cm³/mol. The number of aryl methyl sites for hydroxylation is 1. The summed E-state index contributed by atoms with van der Waals surface area (Å²) in [6.07, 6.45) is 0. The summed E-state index contributed by atoms with van der Waals surface area (Å²) in [4.78, 5) is 22.4. The van der Waals surface area contributed by atoms with Crippen LogP contribution in [0, 0.1) is 22.9 Å². The van der Waals surface area contributed by atoms with E-state index in [-0.39, 0.29) is 17.1 Å². The van der Waals surface area contributed by atoms with E-state index in [0.717, 1.165) is 0 Å². The highest BCUT2D eigenvalue weighted by atomic mass is 19.1. The second-order valence-electron chi connectivity index (χ2n) is 4.90. The lowest BCUT2D eigenvalue weighted by Crippen LogP contribution is -2.19. The van der Waals surface area contributed by atoms with Gasteiger partial charge in [0, 0.05) is 17.2 Å². The van der Waals surface area contributed by atoms with Crippen LogP contribution in [0.15, 0.2) is 47.6 Å². The summed E-state index contributed by atoms with van der Waals surface area (Å²) >= 11 is 0. The number of nitro benzene ring substituents is 1. The Morgan fingerprint density at radius 2 is 1.78 bits per heavy atom. The number of carbonyl (C=O) groups is 1. The molecule has 118 valence electrons. The van der Waals surface area contributed by atoms with Crippen LogP contribution in [-0.2, 0) is 0 Å². The maximum absolute atomic E-state index is 12.9. The minimum atomic E-state index is -0.561. The van der Waals surface area contributed by atoms with Gasteiger partial charge < -0.3 is 0 Å². The molecule has 0 aliphatic carbocycles. The first kappa shape index (κ1) is 16.3. The first-order chi connectivity index (χ1) is 10.9. The van der Waals surface area contributed by atoms with E-state index < -0.39 is 10.8 Å². The van der Waals surface area contributed by atoms with Gasteiger partial charge in [-0.2, -0.15) is 5.10 Å². The number of hydrogen-bond donors (Lipinski definition) is 1. The minimum absolute atomic E-state index is 0.128. The topological polar surface area (TPSA) is 84.6 Å². The van der Waals surface area contributed by atoms with Crippen molar-refractivity contribution in [3.8, 4) is 0 Å². The van der Waals surface area contributed by atoms with E-state index >= 15 is 0 Å². The number of hydrogen-bond acceptors (Lipinski definition) is 4. The summed E-state index contributed by atoms with van der Waals surface area (Å²) < 4.78 is 12.9. The van der Waals surface area contributed by atoms with E-state index in [1.54, 1.807) is 13.8 Å². The smallest absolute Gasteiger partial charge is 0.267 e. The largest absolute Gasteiger partial charge is 0.273 e. The molecule has 0 aromatic heterocycles. The van der Waals surface area contributed by atoms with Gasteiger partial charge in [0.1, 0.15) is 5.82 Å². The van der Waals surface area contributed by atoms with Crippen molar-refractivity contribution >= 4 is 17.3 Å². The third-order valence-corrected chi connectivity index (χ3v) is 3.26. The molecule has 0 radical (unpaired) electrons. The normalized spacial score (nSPS) is 11.2. The van der Waals surface area contributed by atoms with Crippen LogP contribution in [0.3, 0.4) is 0 Å². The second-order valence-corrected chi connectivity index (χ2v) is 4.90. The maximum atomic E-state index is 12.9. The van der Waals surface area contributed by atoms with Gasteiger partial charge in [0.2, 0.25) is 0 Å². The van der Waals surface area contributed by atoms with E-state index in [1.807, 2.05) is 0 Å². The quantitative estimate of drug-likeness (QED) is 0.534. The summed E-state index contributed by atoms with van der Waals surface area (Å²) in [5, 5.41) is 14.8. The highest BCUT2D eigenvalue weighted by Gasteiger charge is 2.14. The van der Waals surface area contributed by atoms with Gasteiger partial charge >= 0.3 is 0 Å². The fraction of sp³-hybridized carbons (Fsp3) is 0.125. The summed E-state index contributed by atoms with van der Waals surface area (Å²) in [5.41, 5.74) is 3.95. The molecule has 0 fully saturated rings. The Morgan fingerprint density at radius 1 is 1.17 bits per heavy atom. The molecule has 0 unspecified atom stereocenters. The molecule has 0 atom stereocenters. The van der Waals surface area contributed by atoms with Crippen molar-refractivity contribution in [2.45, 2.75) is 13.8 Å². The van der Waals surface area contributed by atoms with Crippen LogP contribution in [0.2, 0.25) is 0 Å². The van der Waals surface area contributed by atoms with Gasteiger partial charge in [-0.05, 0) is 37.6 Å². The third-order valence-electron chi connectivity index (χ3n) is 3.26.